The molecule has 0 unspecified atom stereocenters. The number of hydrogen-bond donors (Lipinski definition) is 2. The van der Waals surface area contributed by atoms with Crippen LogP contribution in [0.3, 0.4) is 0 Å². The lowest BCUT2D eigenvalue weighted by Gasteiger charge is -2.05. The molecular weight excluding hydrogens is 374 g/mol. The van der Waals surface area contributed by atoms with Gasteiger partial charge in [0.1, 0.15) is 5.69 Å². The number of thiophene rings is 1. The van der Waals surface area contributed by atoms with E-state index in [0.29, 0.717) is 10.1 Å². The Labute approximate surface area is 144 Å². The van der Waals surface area contributed by atoms with E-state index in [1.807, 2.05) is 17.5 Å². The van der Waals surface area contributed by atoms with Crippen LogP contribution in [0, 0.1) is 10.1 Å². The molecule has 0 fully saturated rings. The predicted molar refractivity (Wildman–Crippen MR) is 91.0 cm³/mol. The highest BCUT2D eigenvalue weighted by molar-refractivity contribution is 7.89. The molecule has 0 bridgehead atoms. The number of aromatic nitrogens is 2. The smallest absolute Gasteiger partial charge is 0.294 e. The van der Waals surface area contributed by atoms with E-state index in [9.17, 15) is 18.5 Å². The van der Waals surface area contributed by atoms with E-state index < -0.39 is 20.6 Å². The topological polar surface area (TPSA) is 141 Å². The molecule has 0 saturated heterocycles. The third-order valence-electron chi connectivity index (χ3n) is 2.89. The molecule has 0 radical (unpaired) electrons. The van der Waals surface area contributed by atoms with Crippen LogP contribution >= 0.6 is 22.7 Å². The molecular formula is C12H9N5O4S3. The number of primary sulfonamides is 1. The van der Waals surface area contributed by atoms with Crippen molar-refractivity contribution in [3.8, 4) is 9.88 Å². The molecule has 3 aromatic rings. The van der Waals surface area contributed by atoms with Crippen LogP contribution < -0.4 is 10.5 Å². The van der Waals surface area contributed by atoms with Crippen LogP contribution in [-0.4, -0.2) is 23.5 Å². The standard InChI is InChI=1S/C12H9N5O4S3/c13-24(20,21)7-3-4-8(9(6-7)17(18)19)14-12-16-15-11(23-12)10-2-1-5-22-10/h1-6H,(H,14,16)(H2,13,20,21). The number of rotatable bonds is 5. The van der Waals surface area contributed by atoms with Crippen molar-refractivity contribution >= 4 is 49.2 Å². The minimum atomic E-state index is -4.03. The molecule has 3 N–H and O–H groups in total. The van der Waals surface area contributed by atoms with Crippen molar-refractivity contribution in [1.29, 1.82) is 0 Å². The quantitative estimate of drug-likeness (QED) is 0.509. The summed E-state index contributed by atoms with van der Waals surface area (Å²) in [5.74, 6) is 0. The zero-order valence-corrected chi connectivity index (χ0v) is 14.2. The van der Waals surface area contributed by atoms with E-state index >= 15 is 0 Å². The number of benzene rings is 1. The summed E-state index contributed by atoms with van der Waals surface area (Å²) in [5.41, 5.74) is -0.323. The van der Waals surface area contributed by atoms with Crippen molar-refractivity contribution < 1.29 is 13.3 Å². The van der Waals surface area contributed by atoms with Crippen molar-refractivity contribution in [1.82, 2.24) is 10.2 Å². The molecule has 0 aliphatic heterocycles. The molecule has 24 heavy (non-hydrogen) atoms. The molecule has 3 rings (SSSR count). The number of nitro benzene ring substituents is 1. The van der Waals surface area contributed by atoms with Gasteiger partial charge in [-0.15, -0.1) is 21.5 Å². The van der Waals surface area contributed by atoms with Crippen LogP contribution in [-0.2, 0) is 10.0 Å². The largest absolute Gasteiger partial charge is 0.324 e. The first-order valence-corrected chi connectivity index (χ1v) is 9.54. The van der Waals surface area contributed by atoms with Crippen molar-refractivity contribution in [2.45, 2.75) is 4.90 Å². The Hall–Kier alpha value is -2.41. The van der Waals surface area contributed by atoms with Crippen LogP contribution in [0.2, 0.25) is 0 Å². The Morgan fingerprint density at radius 2 is 2.04 bits per heavy atom. The fraction of sp³-hybridized carbons (Fsp3) is 0. The normalized spacial score (nSPS) is 11.4. The first-order chi connectivity index (χ1) is 11.3. The molecule has 0 amide bonds. The maximum atomic E-state index is 11.3. The Kier molecular flexibility index (Phi) is 4.28. The van der Waals surface area contributed by atoms with E-state index in [0.717, 1.165) is 10.9 Å². The number of nitrogens with zero attached hydrogens (tertiary/aromatic N) is 3. The molecule has 0 saturated carbocycles. The van der Waals surface area contributed by atoms with Gasteiger partial charge in [-0.05, 0) is 23.6 Å². The van der Waals surface area contributed by atoms with Crippen molar-refractivity contribution in [2.24, 2.45) is 5.14 Å². The van der Waals surface area contributed by atoms with Gasteiger partial charge in [-0.25, -0.2) is 13.6 Å². The van der Waals surface area contributed by atoms with E-state index in [1.165, 1.54) is 34.8 Å². The average molecular weight is 383 g/mol. The minimum Gasteiger partial charge on any atom is -0.324 e. The van der Waals surface area contributed by atoms with Gasteiger partial charge in [-0.3, -0.25) is 10.1 Å². The Balaban J connectivity index is 1.94. The third kappa shape index (κ3) is 3.41. The number of nitrogens with two attached hydrogens (primary N) is 1. The van der Waals surface area contributed by atoms with Crippen LogP contribution in [0.25, 0.3) is 9.88 Å². The van der Waals surface area contributed by atoms with Gasteiger partial charge in [0.15, 0.2) is 5.01 Å². The summed E-state index contributed by atoms with van der Waals surface area (Å²) in [5, 5.41) is 29.9. The maximum absolute atomic E-state index is 11.3. The number of hydrogen-bond acceptors (Lipinski definition) is 9. The lowest BCUT2D eigenvalue weighted by atomic mass is 10.3. The highest BCUT2D eigenvalue weighted by Gasteiger charge is 2.20. The molecule has 0 atom stereocenters. The fourth-order valence-corrected chi connectivity index (χ4v) is 3.92. The summed E-state index contributed by atoms with van der Waals surface area (Å²) >= 11 is 2.73. The second kappa shape index (κ2) is 6.24. The molecule has 12 heteroatoms. The monoisotopic (exact) mass is 383 g/mol. The number of nitro groups is 1. The number of anilines is 2. The molecule has 0 spiro atoms. The summed E-state index contributed by atoms with van der Waals surface area (Å²) in [6, 6.07) is 7.12. The predicted octanol–water partition coefficient (Wildman–Crippen LogP) is 2.57. The first-order valence-electron chi connectivity index (χ1n) is 6.30. The molecule has 0 aliphatic carbocycles. The number of sulfonamides is 1. The van der Waals surface area contributed by atoms with Gasteiger partial charge in [0.25, 0.3) is 5.69 Å². The fourth-order valence-electron chi connectivity index (χ4n) is 1.83. The summed E-state index contributed by atoms with van der Waals surface area (Å²) in [7, 11) is -4.03. The van der Waals surface area contributed by atoms with Crippen LogP contribution in [0.15, 0.2) is 40.6 Å². The Bertz CT molecular complexity index is 998. The van der Waals surface area contributed by atoms with E-state index in [4.69, 9.17) is 5.14 Å². The Morgan fingerprint density at radius 1 is 1.25 bits per heavy atom. The summed E-state index contributed by atoms with van der Waals surface area (Å²) in [4.78, 5) is 11.1. The van der Waals surface area contributed by atoms with Crippen molar-refractivity contribution in [3.63, 3.8) is 0 Å². The van der Waals surface area contributed by atoms with Gasteiger partial charge in [0.2, 0.25) is 15.2 Å². The van der Waals surface area contributed by atoms with Crippen molar-refractivity contribution in [3.05, 3.63) is 45.8 Å². The Morgan fingerprint density at radius 3 is 2.67 bits per heavy atom. The molecule has 0 aliphatic rings. The lowest BCUT2D eigenvalue weighted by molar-refractivity contribution is -0.384. The van der Waals surface area contributed by atoms with Crippen LogP contribution in [0.5, 0.6) is 0 Å². The van der Waals surface area contributed by atoms with Crippen LogP contribution in [0.1, 0.15) is 0 Å². The SMILES string of the molecule is NS(=O)(=O)c1ccc(Nc2nnc(-c3cccs3)s2)c([N+](=O)[O-])c1. The zero-order chi connectivity index (χ0) is 17.3. The molecule has 9 nitrogen and oxygen atoms in total. The maximum Gasteiger partial charge on any atom is 0.294 e. The van der Waals surface area contributed by atoms with Gasteiger partial charge in [-0.1, -0.05) is 17.4 Å². The second-order valence-corrected chi connectivity index (χ2v) is 7.98. The molecule has 1 aromatic carbocycles. The van der Waals surface area contributed by atoms with Crippen LogP contribution in [0.4, 0.5) is 16.5 Å². The molecule has 2 aromatic heterocycles. The average Bonchev–Trinajstić information content (AvgIpc) is 3.16. The highest BCUT2D eigenvalue weighted by atomic mass is 32.2. The summed E-state index contributed by atoms with van der Waals surface area (Å²) in [6.45, 7) is 0. The molecule has 2 heterocycles. The van der Waals surface area contributed by atoms with E-state index in [2.05, 4.69) is 15.5 Å². The van der Waals surface area contributed by atoms with Gasteiger partial charge < -0.3 is 5.32 Å². The first kappa shape index (κ1) is 16.4. The van der Waals surface area contributed by atoms with Crippen molar-refractivity contribution in [2.75, 3.05) is 5.32 Å². The van der Waals surface area contributed by atoms with E-state index in [-0.39, 0.29) is 10.6 Å². The van der Waals surface area contributed by atoms with E-state index in [1.54, 1.807) is 0 Å². The lowest BCUT2D eigenvalue weighted by Crippen LogP contribution is -2.12. The van der Waals surface area contributed by atoms with Gasteiger partial charge in [0, 0.05) is 6.07 Å². The van der Waals surface area contributed by atoms with Gasteiger partial charge in [-0.2, -0.15) is 0 Å². The zero-order valence-electron chi connectivity index (χ0n) is 11.7. The third-order valence-corrected chi connectivity index (χ3v) is 5.68. The van der Waals surface area contributed by atoms with Gasteiger partial charge >= 0.3 is 0 Å². The van der Waals surface area contributed by atoms with Gasteiger partial charge in [0.05, 0.1) is 14.7 Å². The minimum absolute atomic E-state index is 0.0984. The summed E-state index contributed by atoms with van der Waals surface area (Å²) < 4.78 is 22.7. The second-order valence-electron chi connectivity index (χ2n) is 4.50. The number of nitrogens with one attached hydrogen (secondary N) is 1. The highest BCUT2D eigenvalue weighted by Crippen LogP contribution is 2.34. The molecule has 124 valence electrons. The summed E-state index contributed by atoms with van der Waals surface area (Å²) in [6.07, 6.45) is 0.